The number of esters is 1. The van der Waals surface area contributed by atoms with Gasteiger partial charge in [-0.15, -0.1) is 0 Å². The third-order valence-corrected chi connectivity index (χ3v) is 5.15. The van der Waals surface area contributed by atoms with Crippen LogP contribution >= 0.6 is 0 Å². The molecule has 1 aliphatic rings. The molecule has 0 radical (unpaired) electrons. The highest BCUT2D eigenvalue weighted by Crippen LogP contribution is 2.22. The number of nitrogens with zero attached hydrogens (tertiary/aromatic N) is 1. The number of aromatic nitrogens is 1. The van der Waals surface area contributed by atoms with Gasteiger partial charge < -0.3 is 18.9 Å². The van der Waals surface area contributed by atoms with E-state index in [1.54, 1.807) is 6.92 Å². The van der Waals surface area contributed by atoms with Crippen LogP contribution in [0.5, 0.6) is 11.5 Å². The van der Waals surface area contributed by atoms with Crippen LogP contribution in [0.3, 0.4) is 0 Å². The summed E-state index contributed by atoms with van der Waals surface area (Å²) >= 11 is 0. The van der Waals surface area contributed by atoms with Gasteiger partial charge in [0.1, 0.15) is 23.9 Å². The van der Waals surface area contributed by atoms with Crippen molar-refractivity contribution in [1.82, 2.24) is 4.98 Å². The molecule has 0 spiro atoms. The fourth-order valence-corrected chi connectivity index (χ4v) is 3.40. The molecule has 0 amide bonds. The van der Waals surface area contributed by atoms with Crippen LogP contribution in [0.2, 0.25) is 0 Å². The van der Waals surface area contributed by atoms with Crippen LogP contribution in [-0.2, 0) is 20.9 Å². The highest BCUT2D eigenvalue weighted by molar-refractivity contribution is 5.78. The second-order valence-electron chi connectivity index (χ2n) is 7.62. The maximum absolute atomic E-state index is 11.4. The fourth-order valence-electron chi connectivity index (χ4n) is 3.40. The fraction of sp³-hybridized carbons (Fsp3) is 0.259. The van der Waals surface area contributed by atoms with Gasteiger partial charge in [0.25, 0.3) is 0 Å². The number of para-hydroxylation sites is 1. The van der Waals surface area contributed by atoms with Gasteiger partial charge in [0, 0.05) is 11.3 Å². The molecule has 4 rings (SSSR count). The normalized spacial score (nSPS) is 15.1. The molecule has 0 aliphatic heterocycles. The zero-order valence-electron chi connectivity index (χ0n) is 18.6. The molecule has 6 nitrogen and oxygen atoms in total. The number of hydrogen-bond donors (Lipinski definition) is 0. The van der Waals surface area contributed by atoms with E-state index in [9.17, 15) is 4.79 Å². The number of rotatable bonds is 10. The van der Waals surface area contributed by atoms with Crippen LogP contribution in [0.4, 0.5) is 0 Å². The van der Waals surface area contributed by atoms with E-state index in [1.807, 2.05) is 72.8 Å². The summed E-state index contributed by atoms with van der Waals surface area (Å²) in [5, 5.41) is 1.12. The van der Waals surface area contributed by atoms with E-state index in [-0.39, 0.29) is 18.5 Å². The van der Waals surface area contributed by atoms with E-state index in [1.165, 1.54) is 0 Å². The molecule has 0 N–H and O–H groups in total. The number of benzene rings is 2. The topological polar surface area (TPSA) is 66.9 Å². The van der Waals surface area contributed by atoms with E-state index in [0.29, 0.717) is 25.6 Å². The molecule has 1 atom stereocenters. The average molecular weight is 446 g/mol. The van der Waals surface area contributed by atoms with Gasteiger partial charge in [0.15, 0.2) is 6.61 Å². The first-order chi connectivity index (χ1) is 16.2. The van der Waals surface area contributed by atoms with E-state index in [2.05, 4.69) is 11.1 Å². The third kappa shape index (κ3) is 6.59. The van der Waals surface area contributed by atoms with Gasteiger partial charge in [-0.05, 0) is 61.9 Å². The summed E-state index contributed by atoms with van der Waals surface area (Å²) in [5.41, 5.74) is 1.85. The molecule has 0 fully saturated rings. The van der Waals surface area contributed by atoms with Crippen molar-refractivity contribution < 1.29 is 23.7 Å². The van der Waals surface area contributed by atoms with Gasteiger partial charge in [-0.2, -0.15) is 0 Å². The molecule has 0 saturated carbocycles. The van der Waals surface area contributed by atoms with Crippen LogP contribution in [0.15, 0.2) is 84.7 Å². The Labute approximate surface area is 193 Å². The quantitative estimate of drug-likeness (QED) is 0.398. The maximum atomic E-state index is 11.4. The van der Waals surface area contributed by atoms with Gasteiger partial charge in [-0.1, -0.05) is 30.3 Å². The average Bonchev–Trinajstić information content (AvgIpc) is 2.86. The van der Waals surface area contributed by atoms with Crippen molar-refractivity contribution in [3.63, 3.8) is 0 Å². The second kappa shape index (κ2) is 11.2. The number of ether oxygens (including phenoxy) is 4. The van der Waals surface area contributed by atoms with Crippen LogP contribution in [0.1, 0.15) is 19.0 Å². The molecule has 0 bridgehead atoms. The highest BCUT2D eigenvalue weighted by atomic mass is 16.6. The Hall–Kier alpha value is -3.80. The molecule has 3 aromatic rings. The molecular weight excluding hydrogens is 418 g/mol. The largest absolute Gasteiger partial charge is 0.493 e. The van der Waals surface area contributed by atoms with Crippen LogP contribution in [-0.4, -0.2) is 30.8 Å². The molecule has 33 heavy (non-hydrogen) atoms. The van der Waals surface area contributed by atoms with Gasteiger partial charge in [0.05, 0.1) is 24.4 Å². The number of allylic oxidation sites excluding steroid dienone is 2. The molecule has 2 aromatic carbocycles. The summed E-state index contributed by atoms with van der Waals surface area (Å²) in [4.78, 5) is 16.0. The number of hydrogen-bond acceptors (Lipinski definition) is 6. The molecule has 6 heteroatoms. The smallest absolute Gasteiger partial charge is 0.344 e. The Kier molecular flexibility index (Phi) is 7.59. The lowest BCUT2D eigenvalue weighted by Gasteiger charge is -2.17. The first-order valence-electron chi connectivity index (χ1n) is 11.1. The molecule has 1 heterocycles. The van der Waals surface area contributed by atoms with Gasteiger partial charge in [-0.25, -0.2) is 9.78 Å². The Balaban J connectivity index is 1.20. The Bertz CT molecular complexity index is 1140. The molecule has 1 unspecified atom stereocenters. The highest BCUT2D eigenvalue weighted by Gasteiger charge is 2.12. The molecule has 0 saturated heterocycles. The summed E-state index contributed by atoms with van der Waals surface area (Å²) in [7, 11) is 0. The Morgan fingerprint density at radius 1 is 0.970 bits per heavy atom. The zero-order valence-corrected chi connectivity index (χ0v) is 18.6. The minimum Gasteiger partial charge on any atom is -0.493 e. The van der Waals surface area contributed by atoms with E-state index >= 15 is 0 Å². The standard InChI is InChI=1S/C27H27NO5/c1-2-30-27(29)19-33-23-11-7-20(8-12-23)17-31-24-13-15-25(16-14-24)32-18-22-10-9-21-5-3-4-6-26(21)28-22/h3-7,9-16,20H,2,8,17-19H2,1H3. The minimum atomic E-state index is -0.363. The molecule has 170 valence electrons. The predicted octanol–water partition coefficient (Wildman–Crippen LogP) is 5.23. The second-order valence-corrected chi connectivity index (χ2v) is 7.62. The van der Waals surface area contributed by atoms with Crippen molar-refractivity contribution in [2.24, 2.45) is 5.92 Å². The SMILES string of the molecule is CCOC(=O)COC1=CCC(COc2ccc(OCc3ccc4ccccc4n3)cc2)C=C1. The van der Waals surface area contributed by atoms with Crippen molar-refractivity contribution in [3.05, 3.63) is 90.3 Å². The Morgan fingerprint density at radius 3 is 2.52 bits per heavy atom. The van der Waals surface area contributed by atoms with Gasteiger partial charge >= 0.3 is 5.97 Å². The van der Waals surface area contributed by atoms with E-state index in [0.717, 1.165) is 34.5 Å². The van der Waals surface area contributed by atoms with Crippen molar-refractivity contribution in [1.29, 1.82) is 0 Å². The van der Waals surface area contributed by atoms with Gasteiger partial charge in [0.2, 0.25) is 0 Å². The lowest BCUT2D eigenvalue weighted by Crippen LogP contribution is -2.14. The minimum absolute atomic E-state index is 0.0729. The van der Waals surface area contributed by atoms with Crippen molar-refractivity contribution in [3.8, 4) is 11.5 Å². The predicted molar refractivity (Wildman–Crippen MR) is 126 cm³/mol. The van der Waals surface area contributed by atoms with Crippen molar-refractivity contribution in [2.45, 2.75) is 20.0 Å². The van der Waals surface area contributed by atoms with Crippen LogP contribution in [0, 0.1) is 5.92 Å². The van der Waals surface area contributed by atoms with Crippen LogP contribution in [0.25, 0.3) is 10.9 Å². The number of carbonyl (C=O) groups excluding carboxylic acids is 1. The molecular formula is C27H27NO5. The maximum Gasteiger partial charge on any atom is 0.344 e. The van der Waals surface area contributed by atoms with Gasteiger partial charge in [-0.3, -0.25) is 0 Å². The molecule has 1 aliphatic carbocycles. The van der Waals surface area contributed by atoms with E-state index < -0.39 is 0 Å². The van der Waals surface area contributed by atoms with Crippen LogP contribution < -0.4 is 9.47 Å². The van der Waals surface area contributed by atoms with E-state index in [4.69, 9.17) is 18.9 Å². The molecule has 1 aromatic heterocycles. The zero-order chi connectivity index (χ0) is 22.9. The first-order valence-corrected chi connectivity index (χ1v) is 11.1. The Morgan fingerprint density at radius 2 is 1.76 bits per heavy atom. The van der Waals surface area contributed by atoms with Crippen molar-refractivity contribution >= 4 is 16.9 Å². The lowest BCUT2D eigenvalue weighted by atomic mass is 10.0. The lowest BCUT2D eigenvalue weighted by molar-refractivity contribution is -0.146. The summed E-state index contributed by atoms with van der Waals surface area (Å²) in [6.45, 7) is 3.01. The summed E-state index contributed by atoms with van der Waals surface area (Å²) < 4.78 is 22.1. The summed E-state index contributed by atoms with van der Waals surface area (Å²) in [5.74, 6) is 2.11. The number of fused-ring (bicyclic) bond motifs is 1. The monoisotopic (exact) mass is 445 g/mol. The number of pyridine rings is 1. The summed E-state index contributed by atoms with van der Waals surface area (Å²) in [6, 6.07) is 19.7. The first kappa shape index (κ1) is 22.4. The summed E-state index contributed by atoms with van der Waals surface area (Å²) in [6.07, 6.45) is 6.66. The van der Waals surface area contributed by atoms with Crippen molar-refractivity contribution in [2.75, 3.05) is 19.8 Å². The number of carbonyl (C=O) groups is 1. The third-order valence-electron chi connectivity index (χ3n) is 5.15.